The first kappa shape index (κ1) is 22.0. The van der Waals surface area contributed by atoms with Gasteiger partial charge in [-0.05, 0) is 29.8 Å². The lowest BCUT2D eigenvalue weighted by Crippen LogP contribution is -1.96. The molecule has 0 N–H and O–H groups in total. The molecule has 0 aliphatic rings. The van der Waals surface area contributed by atoms with E-state index in [4.69, 9.17) is 28.4 Å². The summed E-state index contributed by atoms with van der Waals surface area (Å²) in [5.41, 5.74) is 1.72. The Morgan fingerprint density at radius 2 is 1.38 bits per heavy atom. The molecule has 6 nitrogen and oxygen atoms in total. The van der Waals surface area contributed by atoms with Crippen LogP contribution in [0.2, 0.25) is 0 Å². The third-order valence-corrected chi connectivity index (χ3v) is 3.97. The largest absolute Gasteiger partial charge is 0.497 e. The second kappa shape index (κ2) is 11.5. The molecule has 0 aromatic heterocycles. The van der Waals surface area contributed by atoms with Crippen LogP contribution in [0.4, 0.5) is 0 Å². The van der Waals surface area contributed by atoms with Gasteiger partial charge in [-0.3, -0.25) is 0 Å². The van der Waals surface area contributed by atoms with Crippen LogP contribution < -0.4 is 23.7 Å². The quantitative estimate of drug-likeness (QED) is 0.473. The average Bonchev–Trinajstić information content (AvgIpc) is 2.77. The van der Waals surface area contributed by atoms with Crippen LogP contribution in [0.5, 0.6) is 28.7 Å². The van der Waals surface area contributed by atoms with Crippen molar-refractivity contribution in [2.45, 2.75) is 0 Å². The second-order valence-electron chi connectivity index (χ2n) is 5.78. The van der Waals surface area contributed by atoms with E-state index < -0.39 is 0 Å². The first-order chi connectivity index (χ1) is 14.1. The van der Waals surface area contributed by atoms with E-state index in [2.05, 4.69) is 11.8 Å². The standard InChI is InChI=1S/C23H26O6/c1-24-19-12-17(13-20(16-19)25-2)8-6-10-29-11-7-9-18-14-21(26-3)23(28-5)22(15-18)27-4/h6,8,12-16H,10-11H2,1-5H3/b8-6+. The molecule has 2 rings (SSSR count). The maximum absolute atomic E-state index is 5.54. The zero-order valence-electron chi connectivity index (χ0n) is 17.4. The van der Waals surface area contributed by atoms with Crippen molar-refractivity contribution in [3.05, 3.63) is 47.5 Å². The summed E-state index contributed by atoms with van der Waals surface area (Å²) in [5, 5.41) is 0. The minimum Gasteiger partial charge on any atom is -0.497 e. The Morgan fingerprint density at radius 1 is 0.759 bits per heavy atom. The van der Waals surface area contributed by atoms with E-state index in [1.165, 1.54) is 0 Å². The first-order valence-electron chi connectivity index (χ1n) is 8.91. The Balaban J connectivity index is 1.92. The van der Waals surface area contributed by atoms with E-state index in [-0.39, 0.29) is 0 Å². The molecule has 0 saturated carbocycles. The Labute approximate surface area is 171 Å². The highest BCUT2D eigenvalue weighted by Crippen LogP contribution is 2.37. The van der Waals surface area contributed by atoms with Gasteiger partial charge in [0.15, 0.2) is 11.5 Å². The van der Waals surface area contributed by atoms with Gasteiger partial charge < -0.3 is 28.4 Å². The number of methoxy groups -OCH3 is 5. The zero-order valence-corrected chi connectivity index (χ0v) is 17.4. The molecular formula is C23H26O6. The molecule has 0 spiro atoms. The molecule has 0 radical (unpaired) electrons. The predicted molar refractivity (Wildman–Crippen MR) is 112 cm³/mol. The van der Waals surface area contributed by atoms with Crippen molar-refractivity contribution in [3.8, 4) is 40.6 Å². The van der Waals surface area contributed by atoms with Crippen molar-refractivity contribution in [1.82, 2.24) is 0 Å². The SMILES string of the molecule is COc1cc(/C=C/COCC#Cc2cc(OC)c(OC)c(OC)c2)cc(OC)c1. The lowest BCUT2D eigenvalue weighted by Gasteiger charge is -2.12. The molecule has 0 aliphatic carbocycles. The highest BCUT2D eigenvalue weighted by atomic mass is 16.5. The monoisotopic (exact) mass is 398 g/mol. The van der Waals surface area contributed by atoms with E-state index in [1.54, 1.807) is 47.7 Å². The van der Waals surface area contributed by atoms with Crippen molar-refractivity contribution in [1.29, 1.82) is 0 Å². The maximum atomic E-state index is 5.54. The van der Waals surface area contributed by atoms with Crippen molar-refractivity contribution < 1.29 is 28.4 Å². The summed E-state index contributed by atoms with van der Waals surface area (Å²) in [4.78, 5) is 0. The highest BCUT2D eigenvalue weighted by Gasteiger charge is 2.12. The molecule has 0 saturated heterocycles. The van der Waals surface area contributed by atoms with Crippen molar-refractivity contribution >= 4 is 6.08 Å². The topological polar surface area (TPSA) is 55.4 Å². The van der Waals surface area contributed by atoms with E-state index in [1.807, 2.05) is 30.4 Å². The molecule has 0 atom stereocenters. The highest BCUT2D eigenvalue weighted by molar-refractivity contribution is 5.57. The Hall–Kier alpha value is -3.30. The molecule has 0 aliphatic heterocycles. The Bertz CT molecular complexity index is 845. The lowest BCUT2D eigenvalue weighted by molar-refractivity contribution is 0.199. The van der Waals surface area contributed by atoms with Crippen LogP contribution in [0.3, 0.4) is 0 Å². The van der Waals surface area contributed by atoms with E-state index in [9.17, 15) is 0 Å². The van der Waals surface area contributed by atoms with E-state index in [0.717, 1.165) is 22.6 Å². The normalized spacial score (nSPS) is 10.2. The summed E-state index contributed by atoms with van der Waals surface area (Å²) in [6, 6.07) is 9.26. The van der Waals surface area contributed by atoms with Crippen molar-refractivity contribution in [2.24, 2.45) is 0 Å². The van der Waals surface area contributed by atoms with Crippen LogP contribution in [-0.2, 0) is 4.74 Å². The first-order valence-corrected chi connectivity index (χ1v) is 8.91. The summed E-state index contributed by atoms with van der Waals surface area (Å²) in [6.07, 6.45) is 3.85. The number of hydrogen-bond acceptors (Lipinski definition) is 6. The molecule has 0 heterocycles. The molecular weight excluding hydrogens is 372 g/mol. The minimum atomic E-state index is 0.294. The van der Waals surface area contributed by atoms with E-state index >= 15 is 0 Å². The summed E-state index contributed by atoms with van der Waals surface area (Å²) in [7, 11) is 7.95. The molecule has 154 valence electrons. The summed E-state index contributed by atoms with van der Waals surface area (Å²) in [5.74, 6) is 9.15. The Morgan fingerprint density at radius 3 is 1.90 bits per heavy atom. The molecule has 2 aromatic carbocycles. The van der Waals surface area contributed by atoms with Crippen LogP contribution in [0.1, 0.15) is 11.1 Å². The van der Waals surface area contributed by atoms with Crippen molar-refractivity contribution in [2.75, 3.05) is 48.8 Å². The van der Waals surface area contributed by atoms with Gasteiger partial charge in [0.1, 0.15) is 18.1 Å². The van der Waals surface area contributed by atoms with Crippen molar-refractivity contribution in [3.63, 3.8) is 0 Å². The lowest BCUT2D eigenvalue weighted by atomic mass is 10.2. The van der Waals surface area contributed by atoms with Crippen LogP contribution in [0, 0.1) is 11.8 Å². The average molecular weight is 398 g/mol. The predicted octanol–water partition coefficient (Wildman–Crippen LogP) is 3.81. The maximum Gasteiger partial charge on any atom is 0.203 e. The summed E-state index contributed by atoms with van der Waals surface area (Å²) >= 11 is 0. The molecule has 0 unspecified atom stereocenters. The Kier molecular flexibility index (Phi) is 8.74. The number of benzene rings is 2. The van der Waals surface area contributed by atoms with Gasteiger partial charge in [-0.2, -0.15) is 0 Å². The molecule has 0 bridgehead atoms. The van der Waals surface area contributed by atoms with Gasteiger partial charge in [0, 0.05) is 11.6 Å². The minimum absolute atomic E-state index is 0.294. The zero-order chi connectivity index (χ0) is 21.1. The van der Waals surface area contributed by atoms with Crippen LogP contribution in [0.25, 0.3) is 6.08 Å². The smallest absolute Gasteiger partial charge is 0.203 e. The molecule has 0 amide bonds. The fourth-order valence-corrected chi connectivity index (χ4v) is 2.58. The third kappa shape index (κ3) is 6.37. The molecule has 0 fully saturated rings. The third-order valence-electron chi connectivity index (χ3n) is 3.97. The van der Waals surface area contributed by atoms with Gasteiger partial charge in [0.25, 0.3) is 0 Å². The van der Waals surface area contributed by atoms with Gasteiger partial charge >= 0.3 is 0 Å². The molecule has 2 aromatic rings. The fourth-order valence-electron chi connectivity index (χ4n) is 2.58. The van der Waals surface area contributed by atoms with Crippen LogP contribution in [-0.4, -0.2) is 48.8 Å². The van der Waals surface area contributed by atoms with Gasteiger partial charge in [-0.25, -0.2) is 0 Å². The second-order valence-corrected chi connectivity index (χ2v) is 5.78. The number of ether oxygens (including phenoxy) is 6. The van der Waals surface area contributed by atoms with Gasteiger partial charge in [-0.15, -0.1) is 0 Å². The van der Waals surface area contributed by atoms with Gasteiger partial charge in [0.2, 0.25) is 5.75 Å². The molecule has 29 heavy (non-hydrogen) atoms. The summed E-state index contributed by atoms with van der Waals surface area (Å²) in [6.45, 7) is 0.728. The van der Waals surface area contributed by atoms with E-state index in [0.29, 0.717) is 30.5 Å². The van der Waals surface area contributed by atoms with Gasteiger partial charge in [0.05, 0.1) is 42.2 Å². The number of hydrogen-bond donors (Lipinski definition) is 0. The fraction of sp³-hybridized carbons (Fsp3) is 0.304. The van der Waals surface area contributed by atoms with Crippen LogP contribution >= 0.6 is 0 Å². The molecule has 6 heteroatoms. The number of rotatable bonds is 9. The summed E-state index contributed by atoms with van der Waals surface area (Å²) < 4.78 is 32.0. The van der Waals surface area contributed by atoms with Crippen LogP contribution in [0.15, 0.2) is 36.4 Å². The van der Waals surface area contributed by atoms with Gasteiger partial charge in [-0.1, -0.05) is 24.0 Å².